The standard InChI is InChI=1S/C25H26N2O5S/c1-29-14-15-30-22-12-10-19(11-13-22)24(28)27-25(33)26-20-6-5-9-23(18-20)32-17-16-31-21-7-3-2-4-8-21/h2-13,18H,14-17H2,1H3,(H2,26,27,28,33). The van der Waals surface area contributed by atoms with Crippen LogP contribution < -0.4 is 24.8 Å². The molecule has 0 saturated heterocycles. The molecule has 0 aromatic heterocycles. The summed E-state index contributed by atoms with van der Waals surface area (Å²) in [5.74, 6) is 1.80. The monoisotopic (exact) mass is 466 g/mol. The molecule has 0 saturated carbocycles. The van der Waals surface area contributed by atoms with E-state index in [-0.39, 0.29) is 11.0 Å². The molecule has 0 fully saturated rings. The van der Waals surface area contributed by atoms with Gasteiger partial charge in [-0.25, -0.2) is 0 Å². The number of thiocarbonyl (C=S) groups is 1. The van der Waals surface area contributed by atoms with Crippen LogP contribution in [0.4, 0.5) is 5.69 Å². The maximum absolute atomic E-state index is 12.4. The van der Waals surface area contributed by atoms with Crippen molar-refractivity contribution in [2.24, 2.45) is 0 Å². The van der Waals surface area contributed by atoms with Gasteiger partial charge in [-0.05, 0) is 60.7 Å². The summed E-state index contributed by atoms with van der Waals surface area (Å²) in [5.41, 5.74) is 1.16. The second-order valence-electron chi connectivity index (χ2n) is 6.81. The van der Waals surface area contributed by atoms with Crippen LogP contribution in [0.3, 0.4) is 0 Å². The minimum atomic E-state index is -0.318. The molecule has 0 bridgehead atoms. The Kier molecular flexibility index (Phi) is 9.50. The van der Waals surface area contributed by atoms with Crippen molar-refractivity contribution < 1.29 is 23.7 Å². The lowest BCUT2D eigenvalue weighted by molar-refractivity contribution is 0.0977. The number of methoxy groups -OCH3 is 1. The topological polar surface area (TPSA) is 78.1 Å². The number of carbonyl (C=O) groups excluding carboxylic acids is 1. The highest BCUT2D eigenvalue weighted by molar-refractivity contribution is 7.80. The van der Waals surface area contributed by atoms with Crippen molar-refractivity contribution in [2.45, 2.75) is 0 Å². The van der Waals surface area contributed by atoms with E-state index in [2.05, 4.69) is 10.6 Å². The Labute approximate surface area is 198 Å². The number of anilines is 1. The van der Waals surface area contributed by atoms with Gasteiger partial charge in [0.15, 0.2) is 5.11 Å². The summed E-state index contributed by atoms with van der Waals surface area (Å²) in [5, 5.41) is 5.85. The van der Waals surface area contributed by atoms with E-state index in [1.54, 1.807) is 37.4 Å². The second-order valence-corrected chi connectivity index (χ2v) is 7.22. The summed E-state index contributed by atoms with van der Waals surface area (Å²) >= 11 is 5.27. The van der Waals surface area contributed by atoms with Gasteiger partial charge in [0.05, 0.1) is 6.61 Å². The van der Waals surface area contributed by atoms with Gasteiger partial charge < -0.3 is 24.3 Å². The number of hydrogen-bond acceptors (Lipinski definition) is 6. The number of hydrogen-bond donors (Lipinski definition) is 2. The van der Waals surface area contributed by atoms with Crippen LogP contribution in [0.15, 0.2) is 78.9 Å². The average Bonchev–Trinajstić information content (AvgIpc) is 2.83. The molecule has 8 heteroatoms. The molecule has 0 unspecified atom stereocenters. The summed E-state index contributed by atoms with van der Waals surface area (Å²) < 4.78 is 21.8. The Morgan fingerprint density at radius 1 is 0.758 bits per heavy atom. The molecule has 0 aliphatic carbocycles. The number of para-hydroxylation sites is 1. The van der Waals surface area contributed by atoms with Gasteiger partial charge in [-0.3, -0.25) is 10.1 Å². The van der Waals surface area contributed by atoms with Crippen molar-refractivity contribution in [2.75, 3.05) is 38.9 Å². The first-order chi connectivity index (χ1) is 16.1. The van der Waals surface area contributed by atoms with Gasteiger partial charge in [-0.2, -0.15) is 0 Å². The maximum atomic E-state index is 12.4. The molecule has 0 aliphatic rings. The molecule has 33 heavy (non-hydrogen) atoms. The Hall–Kier alpha value is -3.62. The molecule has 172 valence electrons. The van der Waals surface area contributed by atoms with Crippen molar-refractivity contribution in [1.82, 2.24) is 5.32 Å². The molecule has 0 aliphatic heterocycles. The molecule has 0 heterocycles. The zero-order valence-corrected chi connectivity index (χ0v) is 19.1. The van der Waals surface area contributed by atoms with Crippen LogP contribution >= 0.6 is 12.2 Å². The first kappa shape index (κ1) is 24.0. The molecular weight excluding hydrogens is 440 g/mol. The SMILES string of the molecule is COCCOc1ccc(C(=O)NC(=S)Nc2cccc(OCCOc3ccccc3)c2)cc1. The lowest BCUT2D eigenvalue weighted by atomic mass is 10.2. The largest absolute Gasteiger partial charge is 0.491 e. The smallest absolute Gasteiger partial charge is 0.257 e. The fourth-order valence-electron chi connectivity index (χ4n) is 2.78. The van der Waals surface area contributed by atoms with Crippen molar-refractivity contribution in [1.29, 1.82) is 0 Å². The predicted octanol–water partition coefficient (Wildman–Crippen LogP) is 4.30. The van der Waals surface area contributed by atoms with Crippen LogP contribution in [0.5, 0.6) is 17.2 Å². The maximum Gasteiger partial charge on any atom is 0.257 e. The third-order valence-electron chi connectivity index (χ3n) is 4.36. The zero-order valence-electron chi connectivity index (χ0n) is 18.3. The molecule has 7 nitrogen and oxygen atoms in total. The molecule has 2 N–H and O–H groups in total. The molecule has 3 aromatic rings. The van der Waals surface area contributed by atoms with Gasteiger partial charge in [-0.1, -0.05) is 24.3 Å². The van der Waals surface area contributed by atoms with Gasteiger partial charge in [-0.15, -0.1) is 0 Å². The molecular formula is C25H26N2O5S. The number of ether oxygens (including phenoxy) is 4. The molecule has 1 amide bonds. The molecule has 0 radical (unpaired) electrons. The third-order valence-corrected chi connectivity index (χ3v) is 4.56. The van der Waals surface area contributed by atoms with Crippen molar-refractivity contribution in [3.63, 3.8) is 0 Å². The van der Waals surface area contributed by atoms with Crippen LogP contribution in [-0.2, 0) is 4.74 Å². The van der Waals surface area contributed by atoms with Crippen molar-refractivity contribution in [3.05, 3.63) is 84.4 Å². The minimum absolute atomic E-state index is 0.185. The van der Waals surface area contributed by atoms with Crippen molar-refractivity contribution in [3.8, 4) is 17.2 Å². The van der Waals surface area contributed by atoms with E-state index in [4.69, 9.17) is 31.2 Å². The normalized spacial score (nSPS) is 10.2. The van der Waals surface area contributed by atoms with Gasteiger partial charge in [0.25, 0.3) is 5.91 Å². The first-order valence-electron chi connectivity index (χ1n) is 10.4. The van der Waals surface area contributed by atoms with E-state index in [1.165, 1.54) is 0 Å². The lowest BCUT2D eigenvalue weighted by Crippen LogP contribution is -2.34. The summed E-state index contributed by atoms with van der Waals surface area (Å²) in [6.45, 7) is 1.76. The van der Waals surface area contributed by atoms with Crippen LogP contribution in [0.2, 0.25) is 0 Å². The number of benzene rings is 3. The number of nitrogens with one attached hydrogen (secondary N) is 2. The van der Waals surface area contributed by atoms with E-state index < -0.39 is 0 Å². The van der Waals surface area contributed by atoms with Crippen LogP contribution in [-0.4, -0.2) is 44.6 Å². The van der Waals surface area contributed by atoms with E-state index >= 15 is 0 Å². The summed E-state index contributed by atoms with van der Waals surface area (Å²) in [6.07, 6.45) is 0. The Balaban J connectivity index is 1.43. The van der Waals surface area contributed by atoms with Crippen LogP contribution in [0.1, 0.15) is 10.4 Å². The van der Waals surface area contributed by atoms with Crippen molar-refractivity contribution >= 4 is 28.9 Å². The quantitative estimate of drug-likeness (QED) is 0.322. The molecule has 3 aromatic carbocycles. The summed E-state index contributed by atoms with van der Waals surface area (Å²) in [4.78, 5) is 12.4. The molecule has 0 atom stereocenters. The first-order valence-corrected chi connectivity index (χ1v) is 10.8. The fraction of sp³-hybridized carbons (Fsp3) is 0.200. The highest BCUT2D eigenvalue weighted by Gasteiger charge is 2.09. The Bertz CT molecular complexity index is 1030. The predicted molar refractivity (Wildman–Crippen MR) is 131 cm³/mol. The van der Waals surface area contributed by atoms with Gasteiger partial charge >= 0.3 is 0 Å². The van der Waals surface area contributed by atoms with E-state index in [0.29, 0.717) is 49.2 Å². The van der Waals surface area contributed by atoms with E-state index in [9.17, 15) is 4.79 Å². The van der Waals surface area contributed by atoms with Crippen LogP contribution in [0, 0.1) is 0 Å². The average molecular weight is 467 g/mol. The van der Waals surface area contributed by atoms with Crippen LogP contribution in [0.25, 0.3) is 0 Å². The van der Waals surface area contributed by atoms with Gasteiger partial charge in [0, 0.05) is 24.4 Å². The third kappa shape index (κ3) is 8.44. The Morgan fingerprint density at radius 3 is 2.06 bits per heavy atom. The molecule has 0 spiro atoms. The minimum Gasteiger partial charge on any atom is -0.491 e. The zero-order chi connectivity index (χ0) is 23.3. The Morgan fingerprint density at radius 2 is 1.36 bits per heavy atom. The highest BCUT2D eigenvalue weighted by Crippen LogP contribution is 2.18. The highest BCUT2D eigenvalue weighted by atomic mass is 32.1. The summed E-state index contributed by atoms with van der Waals surface area (Å²) in [7, 11) is 1.61. The van der Waals surface area contributed by atoms with E-state index in [1.807, 2.05) is 48.5 Å². The van der Waals surface area contributed by atoms with E-state index in [0.717, 1.165) is 5.75 Å². The number of amides is 1. The number of rotatable bonds is 11. The second kappa shape index (κ2) is 13.0. The van der Waals surface area contributed by atoms with Gasteiger partial charge in [0.1, 0.15) is 37.1 Å². The fourth-order valence-corrected chi connectivity index (χ4v) is 2.99. The van der Waals surface area contributed by atoms with Gasteiger partial charge in [0.2, 0.25) is 0 Å². The summed E-state index contributed by atoms with van der Waals surface area (Å²) in [6, 6.07) is 23.7. The number of carbonyl (C=O) groups is 1. The molecule has 3 rings (SSSR count). The lowest BCUT2D eigenvalue weighted by Gasteiger charge is -2.12.